The zero-order chi connectivity index (χ0) is 30.9. The minimum absolute atomic E-state index is 0.155. The van der Waals surface area contributed by atoms with Gasteiger partial charge in [-0.1, -0.05) is 12.1 Å². The number of fused-ring (bicyclic) bond motifs is 6. The highest BCUT2D eigenvalue weighted by molar-refractivity contribution is 7.92. The number of carbonyl (C=O) groups is 1. The molecule has 9 nitrogen and oxygen atoms in total. The van der Waals surface area contributed by atoms with E-state index in [9.17, 15) is 22.0 Å². The lowest BCUT2D eigenvalue weighted by molar-refractivity contribution is 0.0964. The van der Waals surface area contributed by atoms with Gasteiger partial charge in [0.1, 0.15) is 17.2 Å². The highest BCUT2D eigenvalue weighted by Gasteiger charge is 2.28. The molecule has 12 heteroatoms. The Morgan fingerprint density at radius 3 is 2.61 bits per heavy atom. The predicted octanol–water partition coefficient (Wildman–Crippen LogP) is 5.77. The van der Waals surface area contributed by atoms with E-state index in [1.54, 1.807) is 24.3 Å². The van der Waals surface area contributed by atoms with Gasteiger partial charge in [-0.3, -0.25) is 9.10 Å². The highest BCUT2D eigenvalue weighted by Crippen LogP contribution is 2.42. The number of furan rings is 1. The van der Waals surface area contributed by atoms with Crippen LogP contribution in [-0.4, -0.2) is 49.2 Å². The van der Waals surface area contributed by atoms with E-state index < -0.39 is 21.9 Å². The van der Waals surface area contributed by atoms with E-state index in [1.165, 1.54) is 32.4 Å². The molecule has 1 aliphatic heterocycles. The molecule has 0 unspecified atom stereocenters. The maximum Gasteiger partial charge on any atom is 0.255 e. The average Bonchev–Trinajstić information content (AvgIpc) is 3.59. The van der Waals surface area contributed by atoms with E-state index in [4.69, 9.17) is 9.40 Å². The maximum absolute atomic E-state index is 14.7. The van der Waals surface area contributed by atoms with Gasteiger partial charge in [0.15, 0.2) is 0 Å². The molecule has 4 aromatic heterocycles. The summed E-state index contributed by atoms with van der Waals surface area (Å²) in [6.45, 7) is 0.663. The van der Waals surface area contributed by atoms with Crippen LogP contribution in [0.15, 0.2) is 71.3 Å². The van der Waals surface area contributed by atoms with Gasteiger partial charge in [-0.15, -0.1) is 0 Å². The number of aryl methyl sites for hydroxylation is 2. The minimum Gasteiger partial charge on any atom is -0.455 e. The lowest BCUT2D eigenvalue weighted by atomic mass is 9.99. The molecule has 0 fully saturated rings. The summed E-state index contributed by atoms with van der Waals surface area (Å²) in [6, 6.07) is 16.3. The van der Waals surface area contributed by atoms with Crippen molar-refractivity contribution in [3.05, 3.63) is 89.8 Å². The number of hydrogen-bond donors (Lipinski definition) is 1. The van der Waals surface area contributed by atoms with Crippen LogP contribution in [0.1, 0.15) is 15.9 Å². The average molecular weight is 614 g/mol. The van der Waals surface area contributed by atoms with Crippen molar-refractivity contribution in [2.45, 2.75) is 13.0 Å². The summed E-state index contributed by atoms with van der Waals surface area (Å²) in [7, 11) is -0.834. The van der Waals surface area contributed by atoms with E-state index >= 15 is 0 Å². The second-order valence-corrected chi connectivity index (χ2v) is 12.7. The number of nitrogens with zero attached hydrogens (tertiary/aromatic N) is 4. The molecular formula is C32H25F2N5O4S. The van der Waals surface area contributed by atoms with Crippen molar-refractivity contribution in [1.29, 1.82) is 0 Å². The van der Waals surface area contributed by atoms with Crippen LogP contribution in [0.25, 0.3) is 55.8 Å². The van der Waals surface area contributed by atoms with Crippen LogP contribution in [0, 0.1) is 11.8 Å². The maximum atomic E-state index is 14.7. The topological polar surface area (TPSA) is 110 Å². The highest BCUT2D eigenvalue weighted by atomic mass is 32.2. The van der Waals surface area contributed by atoms with Crippen molar-refractivity contribution in [3.8, 4) is 34.0 Å². The number of carbonyl (C=O) groups excluding carboxylic acids is 1. The van der Waals surface area contributed by atoms with Crippen LogP contribution in [0.2, 0.25) is 0 Å². The van der Waals surface area contributed by atoms with Crippen LogP contribution >= 0.6 is 0 Å². The smallest absolute Gasteiger partial charge is 0.255 e. The van der Waals surface area contributed by atoms with Crippen molar-refractivity contribution < 1.29 is 26.4 Å². The third kappa shape index (κ3) is 4.32. The summed E-state index contributed by atoms with van der Waals surface area (Å²) in [5.74, 6) is -1.31. The van der Waals surface area contributed by atoms with Crippen molar-refractivity contribution in [3.63, 3.8) is 0 Å². The van der Waals surface area contributed by atoms with E-state index in [1.807, 2.05) is 22.8 Å². The number of pyridine rings is 2. The number of benzene rings is 2. The molecule has 0 spiro atoms. The number of aromatic nitrogens is 3. The molecule has 222 valence electrons. The summed E-state index contributed by atoms with van der Waals surface area (Å²) < 4.78 is 63.2. The molecule has 0 radical (unpaired) electrons. The molecule has 0 bridgehead atoms. The Balaban J connectivity index is 1.50. The van der Waals surface area contributed by atoms with Crippen molar-refractivity contribution >= 4 is 43.5 Å². The monoisotopic (exact) mass is 613 g/mol. The quantitative estimate of drug-likeness (QED) is 0.247. The molecular weight excluding hydrogens is 588 g/mol. The number of amides is 1. The second kappa shape index (κ2) is 9.98. The number of hydrogen-bond acceptors (Lipinski definition) is 6. The van der Waals surface area contributed by atoms with Gasteiger partial charge in [0.05, 0.1) is 40.1 Å². The Bertz CT molecular complexity index is 2260. The fraction of sp³-hybridized carbons (Fsp3) is 0.156. The normalized spacial score (nSPS) is 12.8. The molecule has 0 saturated heterocycles. The Hall–Kier alpha value is -5.10. The fourth-order valence-electron chi connectivity index (χ4n) is 5.82. The second-order valence-electron chi connectivity index (χ2n) is 10.7. The molecule has 6 aromatic rings. The van der Waals surface area contributed by atoms with E-state index in [-0.39, 0.29) is 28.4 Å². The Kier molecular flexibility index (Phi) is 6.29. The van der Waals surface area contributed by atoms with Gasteiger partial charge in [0.25, 0.3) is 5.91 Å². The van der Waals surface area contributed by atoms with Crippen molar-refractivity contribution in [2.24, 2.45) is 0 Å². The first-order valence-electron chi connectivity index (χ1n) is 13.7. The van der Waals surface area contributed by atoms with Crippen LogP contribution in [-0.2, 0) is 23.0 Å². The van der Waals surface area contributed by atoms with Gasteiger partial charge in [-0.25, -0.2) is 22.8 Å². The first-order chi connectivity index (χ1) is 21.0. The summed E-state index contributed by atoms with van der Waals surface area (Å²) in [6.07, 6.45) is 3.03. The summed E-state index contributed by atoms with van der Waals surface area (Å²) in [5, 5.41) is 3.52. The number of nitrogens with one attached hydrogen (secondary N) is 1. The van der Waals surface area contributed by atoms with Crippen molar-refractivity contribution in [2.75, 3.05) is 24.7 Å². The zero-order valence-corrected chi connectivity index (χ0v) is 24.7. The summed E-state index contributed by atoms with van der Waals surface area (Å²) in [4.78, 5) is 21.9. The molecule has 1 amide bonds. The van der Waals surface area contributed by atoms with Gasteiger partial charge in [0, 0.05) is 54.8 Å². The third-order valence-electron chi connectivity index (χ3n) is 8.08. The molecule has 7 rings (SSSR count). The number of halogens is 2. The number of sulfonamides is 1. The Morgan fingerprint density at radius 2 is 1.89 bits per heavy atom. The minimum atomic E-state index is -3.74. The zero-order valence-electron chi connectivity index (χ0n) is 23.9. The van der Waals surface area contributed by atoms with Gasteiger partial charge >= 0.3 is 0 Å². The first-order valence-corrected chi connectivity index (χ1v) is 15.6. The van der Waals surface area contributed by atoms with E-state index in [0.29, 0.717) is 46.3 Å². The van der Waals surface area contributed by atoms with Crippen LogP contribution in [0.5, 0.6) is 0 Å². The first kappa shape index (κ1) is 27.7. The lowest BCUT2D eigenvalue weighted by Gasteiger charge is -2.23. The van der Waals surface area contributed by atoms with Gasteiger partial charge in [0.2, 0.25) is 16.0 Å². The summed E-state index contributed by atoms with van der Waals surface area (Å²) >= 11 is 0. The van der Waals surface area contributed by atoms with Crippen LogP contribution in [0.4, 0.5) is 14.5 Å². The van der Waals surface area contributed by atoms with Gasteiger partial charge in [-0.05, 0) is 54.4 Å². The van der Waals surface area contributed by atoms with Crippen LogP contribution < -0.4 is 9.62 Å². The lowest BCUT2D eigenvalue weighted by Crippen LogP contribution is -2.25. The SMILES string of the molecule is CNC(=O)c1c(-c2ccc(F)nc2)oc2cc(N(C)S(C)(=O)=O)c(-c3ccc4c(n3)-c3cc5c(F)cccc5n3CC4)cc12. The molecule has 5 heterocycles. The van der Waals surface area contributed by atoms with Gasteiger partial charge < -0.3 is 14.3 Å². The van der Waals surface area contributed by atoms with Gasteiger partial charge in [-0.2, -0.15) is 4.39 Å². The molecule has 1 N–H and O–H groups in total. The summed E-state index contributed by atoms with van der Waals surface area (Å²) in [5.41, 5.74) is 5.11. The number of rotatable bonds is 5. The molecule has 2 aromatic carbocycles. The van der Waals surface area contributed by atoms with Crippen molar-refractivity contribution in [1.82, 2.24) is 19.9 Å². The van der Waals surface area contributed by atoms with Crippen LogP contribution in [0.3, 0.4) is 0 Å². The fourth-order valence-corrected chi connectivity index (χ4v) is 6.33. The Labute approximate surface area is 250 Å². The molecule has 1 aliphatic rings. The molecule has 0 aliphatic carbocycles. The number of anilines is 1. The third-order valence-corrected chi connectivity index (χ3v) is 9.27. The van der Waals surface area contributed by atoms with E-state index in [0.717, 1.165) is 33.4 Å². The molecule has 0 saturated carbocycles. The van der Waals surface area contributed by atoms with E-state index in [2.05, 4.69) is 10.3 Å². The Morgan fingerprint density at radius 1 is 1.07 bits per heavy atom. The molecule has 0 atom stereocenters. The largest absolute Gasteiger partial charge is 0.455 e. The predicted molar refractivity (Wildman–Crippen MR) is 164 cm³/mol. The standard InChI is InChI=1S/C32H25F2N5O4S/c1-35-32(40)29-21-13-20(25(38(2)44(3,41)42)15-27(21)43-31(29)18-8-10-28(34)36-16-18)23-9-7-17-11-12-39-24-6-4-5-22(33)19(24)14-26(39)30(17)37-23/h4-10,13-16H,11-12H2,1-3H3,(H,35,40). The molecule has 44 heavy (non-hydrogen) atoms.